The van der Waals surface area contributed by atoms with Gasteiger partial charge in [-0.3, -0.25) is 0 Å². The van der Waals surface area contributed by atoms with E-state index in [2.05, 4.69) is 10.3 Å². The van der Waals surface area contributed by atoms with Gasteiger partial charge in [-0.25, -0.2) is 9.48 Å². The normalized spacial score (nSPS) is 10.8. The van der Waals surface area contributed by atoms with Gasteiger partial charge in [0.2, 0.25) is 0 Å². The molecule has 0 aromatic carbocycles. The Kier molecular flexibility index (Phi) is 7.82. The van der Waals surface area contributed by atoms with Crippen LogP contribution in [0.15, 0.2) is 0 Å². The molecule has 1 aromatic heterocycles. The first kappa shape index (κ1) is 16.6. The number of carbonyl (C=O) groups is 1. The summed E-state index contributed by atoms with van der Waals surface area (Å²) in [5, 5.41) is 7.90. The molecule has 0 radical (unpaired) electrons. The van der Waals surface area contributed by atoms with Crippen molar-refractivity contribution in [3.05, 3.63) is 11.4 Å². The molecule has 0 amide bonds. The second-order valence-corrected chi connectivity index (χ2v) is 4.31. The van der Waals surface area contributed by atoms with Gasteiger partial charge in [-0.15, -0.1) is 5.10 Å². The smallest absolute Gasteiger partial charge is 0.360 e. The zero-order valence-corrected chi connectivity index (χ0v) is 12.4. The third-order valence-corrected chi connectivity index (χ3v) is 2.79. The van der Waals surface area contributed by atoms with Crippen LogP contribution in [0.1, 0.15) is 35.9 Å². The van der Waals surface area contributed by atoms with Crippen LogP contribution in [-0.2, 0) is 27.2 Å². The fraction of sp³-hybridized carbons (Fsp3) is 0.769. The monoisotopic (exact) mass is 285 g/mol. The lowest BCUT2D eigenvalue weighted by Crippen LogP contribution is -2.13. The molecule has 114 valence electrons. The molecule has 20 heavy (non-hydrogen) atoms. The molecule has 0 atom stereocenters. The highest BCUT2D eigenvalue weighted by Crippen LogP contribution is 2.09. The van der Waals surface area contributed by atoms with Gasteiger partial charge in [0.25, 0.3) is 0 Å². The van der Waals surface area contributed by atoms with Crippen LogP contribution in [0.2, 0.25) is 0 Å². The van der Waals surface area contributed by atoms with E-state index in [1.165, 1.54) is 7.11 Å². The van der Waals surface area contributed by atoms with Gasteiger partial charge in [0.1, 0.15) is 0 Å². The van der Waals surface area contributed by atoms with Gasteiger partial charge in [-0.2, -0.15) is 0 Å². The Morgan fingerprint density at radius 3 is 2.70 bits per heavy atom. The number of hydrogen-bond acceptors (Lipinski definition) is 6. The van der Waals surface area contributed by atoms with E-state index in [4.69, 9.17) is 14.2 Å². The number of carbonyl (C=O) groups excluding carboxylic acids is 1. The average molecular weight is 285 g/mol. The molecule has 0 saturated heterocycles. The number of methoxy groups -OCH3 is 2. The van der Waals surface area contributed by atoms with Gasteiger partial charge in [-0.1, -0.05) is 18.6 Å². The quantitative estimate of drug-likeness (QED) is 0.473. The van der Waals surface area contributed by atoms with Gasteiger partial charge < -0.3 is 14.2 Å². The predicted molar refractivity (Wildman–Crippen MR) is 72.7 cm³/mol. The summed E-state index contributed by atoms with van der Waals surface area (Å²) in [5.74, 6) is -0.444. The molecule has 1 rings (SSSR count). The summed E-state index contributed by atoms with van der Waals surface area (Å²) in [4.78, 5) is 11.6. The minimum atomic E-state index is -0.444. The first-order chi connectivity index (χ1) is 9.74. The Morgan fingerprint density at radius 1 is 1.25 bits per heavy atom. The molecule has 0 spiro atoms. The number of nitrogens with zero attached hydrogens (tertiary/aromatic N) is 3. The largest absolute Gasteiger partial charge is 0.464 e. The Balaban J connectivity index is 2.52. The molecule has 1 heterocycles. The summed E-state index contributed by atoms with van der Waals surface area (Å²) in [7, 11) is 3.01. The van der Waals surface area contributed by atoms with E-state index < -0.39 is 5.97 Å². The Morgan fingerprint density at radius 2 is 2.05 bits per heavy atom. The molecule has 0 aliphatic carbocycles. The molecular formula is C13H23N3O4. The summed E-state index contributed by atoms with van der Waals surface area (Å²) in [5.41, 5.74) is 1.11. The van der Waals surface area contributed by atoms with Crippen LogP contribution in [0.3, 0.4) is 0 Å². The molecule has 0 aliphatic rings. The third kappa shape index (κ3) is 4.90. The lowest BCUT2D eigenvalue weighted by atomic mass is 10.2. The van der Waals surface area contributed by atoms with Crippen LogP contribution in [0.5, 0.6) is 0 Å². The van der Waals surface area contributed by atoms with E-state index >= 15 is 0 Å². The summed E-state index contributed by atoms with van der Waals surface area (Å²) >= 11 is 0. The van der Waals surface area contributed by atoms with Crippen LogP contribution in [0.25, 0.3) is 0 Å². The van der Waals surface area contributed by atoms with Gasteiger partial charge >= 0.3 is 5.97 Å². The second-order valence-electron chi connectivity index (χ2n) is 4.31. The van der Waals surface area contributed by atoms with Crippen LogP contribution in [0, 0.1) is 0 Å². The SMILES string of the molecule is CCCc1c(C(=O)OC)nnn1CCOCCCOC. The average Bonchev–Trinajstić information content (AvgIpc) is 2.85. The molecule has 0 saturated carbocycles. The van der Waals surface area contributed by atoms with Crippen LogP contribution in [-0.4, -0.2) is 55.0 Å². The van der Waals surface area contributed by atoms with Crippen molar-refractivity contribution >= 4 is 5.97 Å². The standard InChI is InChI=1S/C13H23N3O4/c1-4-6-11-12(13(17)19-3)14-15-16(11)7-10-20-9-5-8-18-2/h4-10H2,1-3H3. The lowest BCUT2D eigenvalue weighted by Gasteiger charge is -2.07. The maximum atomic E-state index is 11.6. The fourth-order valence-electron chi connectivity index (χ4n) is 1.81. The highest BCUT2D eigenvalue weighted by molar-refractivity contribution is 5.88. The van der Waals surface area contributed by atoms with Gasteiger partial charge in [-0.05, 0) is 12.8 Å². The van der Waals surface area contributed by atoms with E-state index in [9.17, 15) is 4.79 Å². The third-order valence-electron chi connectivity index (χ3n) is 2.79. The van der Waals surface area contributed by atoms with Crippen molar-refractivity contribution in [2.75, 3.05) is 34.0 Å². The topological polar surface area (TPSA) is 75.5 Å². The van der Waals surface area contributed by atoms with E-state index in [1.807, 2.05) is 6.92 Å². The van der Waals surface area contributed by atoms with Crippen molar-refractivity contribution in [3.63, 3.8) is 0 Å². The molecule has 0 aliphatic heterocycles. The maximum Gasteiger partial charge on any atom is 0.360 e. The summed E-state index contributed by atoms with van der Waals surface area (Å²) in [6.07, 6.45) is 2.51. The maximum absolute atomic E-state index is 11.6. The minimum absolute atomic E-state index is 0.300. The number of hydrogen-bond donors (Lipinski definition) is 0. The van der Waals surface area contributed by atoms with Gasteiger partial charge in [0.05, 0.1) is 26.0 Å². The van der Waals surface area contributed by atoms with Crippen molar-refractivity contribution in [2.45, 2.75) is 32.7 Å². The van der Waals surface area contributed by atoms with Crippen molar-refractivity contribution in [1.29, 1.82) is 0 Å². The molecule has 0 unspecified atom stereocenters. The van der Waals surface area contributed by atoms with Crippen molar-refractivity contribution in [3.8, 4) is 0 Å². The molecule has 0 bridgehead atoms. The first-order valence-corrected chi connectivity index (χ1v) is 6.81. The van der Waals surface area contributed by atoms with E-state index in [0.717, 1.165) is 25.0 Å². The summed E-state index contributed by atoms with van der Waals surface area (Å²) < 4.78 is 16.8. The Labute approximate surface area is 119 Å². The first-order valence-electron chi connectivity index (χ1n) is 6.81. The van der Waals surface area contributed by atoms with Gasteiger partial charge in [0.15, 0.2) is 5.69 Å². The van der Waals surface area contributed by atoms with Crippen LogP contribution in [0.4, 0.5) is 0 Å². The number of rotatable bonds is 10. The van der Waals surface area contributed by atoms with E-state index in [0.29, 0.717) is 32.1 Å². The fourth-order valence-corrected chi connectivity index (χ4v) is 1.81. The Bertz CT molecular complexity index is 406. The summed E-state index contributed by atoms with van der Waals surface area (Å²) in [6, 6.07) is 0. The lowest BCUT2D eigenvalue weighted by molar-refractivity contribution is 0.0592. The minimum Gasteiger partial charge on any atom is -0.464 e. The second kappa shape index (κ2) is 9.44. The van der Waals surface area contributed by atoms with Crippen molar-refractivity contribution in [1.82, 2.24) is 15.0 Å². The van der Waals surface area contributed by atoms with E-state index in [-0.39, 0.29) is 0 Å². The molecule has 7 nitrogen and oxygen atoms in total. The predicted octanol–water partition coefficient (Wildman–Crippen LogP) is 1.07. The molecule has 7 heteroatoms. The van der Waals surface area contributed by atoms with Gasteiger partial charge in [0, 0.05) is 20.3 Å². The number of aromatic nitrogens is 3. The molecular weight excluding hydrogens is 262 g/mol. The van der Waals surface area contributed by atoms with E-state index in [1.54, 1.807) is 11.8 Å². The molecule has 0 N–H and O–H groups in total. The number of ether oxygens (including phenoxy) is 3. The summed E-state index contributed by atoms with van der Waals surface area (Å²) in [6.45, 7) is 4.49. The molecule has 1 aromatic rings. The zero-order chi connectivity index (χ0) is 14.8. The van der Waals surface area contributed by atoms with Crippen molar-refractivity contribution in [2.24, 2.45) is 0 Å². The highest BCUT2D eigenvalue weighted by atomic mass is 16.5. The molecule has 0 fully saturated rings. The Hall–Kier alpha value is -1.47. The van der Waals surface area contributed by atoms with Crippen LogP contribution < -0.4 is 0 Å². The van der Waals surface area contributed by atoms with Crippen LogP contribution >= 0.6 is 0 Å². The highest BCUT2D eigenvalue weighted by Gasteiger charge is 2.19. The van der Waals surface area contributed by atoms with Crippen molar-refractivity contribution < 1.29 is 19.0 Å². The number of esters is 1. The zero-order valence-electron chi connectivity index (χ0n) is 12.4.